The zero-order chi connectivity index (χ0) is 21.0. The molecular weight excluding hydrogens is 384 g/mol. The van der Waals surface area contributed by atoms with E-state index in [1.807, 2.05) is 50.2 Å². The van der Waals surface area contributed by atoms with E-state index < -0.39 is 6.10 Å². The Morgan fingerprint density at radius 1 is 1.14 bits per heavy atom. The van der Waals surface area contributed by atoms with E-state index in [1.165, 1.54) is 11.8 Å². The number of aryl methyl sites for hydroxylation is 2. The molecule has 0 saturated carbocycles. The summed E-state index contributed by atoms with van der Waals surface area (Å²) in [7, 11) is 0. The number of benzene rings is 2. The lowest BCUT2D eigenvalue weighted by Gasteiger charge is -2.17. The van der Waals surface area contributed by atoms with Gasteiger partial charge in [-0.3, -0.25) is 9.36 Å². The Morgan fingerprint density at radius 3 is 2.52 bits per heavy atom. The summed E-state index contributed by atoms with van der Waals surface area (Å²) >= 11 is 1.39. The molecule has 2 aromatic carbocycles. The van der Waals surface area contributed by atoms with Gasteiger partial charge in [-0.2, -0.15) is 0 Å². The molecule has 0 aliphatic rings. The zero-order valence-electron chi connectivity index (χ0n) is 17.4. The topological polar surface area (TPSA) is 64.3 Å². The van der Waals surface area contributed by atoms with Crippen molar-refractivity contribution in [1.29, 1.82) is 0 Å². The predicted molar refractivity (Wildman–Crippen MR) is 119 cm³/mol. The number of thioether (sulfide) groups is 1. The molecule has 3 rings (SSSR count). The average molecular weight is 413 g/mol. The zero-order valence-corrected chi connectivity index (χ0v) is 18.2. The van der Waals surface area contributed by atoms with Crippen LogP contribution in [0.15, 0.2) is 52.4 Å². The molecule has 5 nitrogen and oxygen atoms in total. The molecule has 0 unspecified atom stereocenters. The number of aliphatic hydroxyl groups is 1. The van der Waals surface area contributed by atoms with Crippen molar-refractivity contribution in [3.63, 3.8) is 0 Å². The Hall–Kier alpha value is -2.31. The fraction of sp³-hybridized carbons (Fsp3) is 0.391. The Kier molecular flexibility index (Phi) is 6.98. The van der Waals surface area contributed by atoms with E-state index in [1.54, 1.807) is 4.57 Å². The van der Waals surface area contributed by atoms with Crippen LogP contribution in [0.3, 0.4) is 0 Å². The summed E-state index contributed by atoms with van der Waals surface area (Å²) in [5.74, 6) is 1.47. The van der Waals surface area contributed by atoms with Crippen LogP contribution in [-0.4, -0.2) is 33.1 Å². The number of aliphatic hydroxyl groups excluding tert-OH is 1. The minimum atomic E-state index is -0.670. The van der Waals surface area contributed by atoms with Gasteiger partial charge in [0.25, 0.3) is 5.56 Å². The Labute approximate surface area is 175 Å². The van der Waals surface area contributed by atoms with E-state index in [9.17, 15) is 9.90 Å². The summed E-state index contributed by atoms with van der Waals surface area (Å²) in [4.78, 5) is 17.6. The smallest absolute Gasteiger partial charge is 0.262 e. The fourth-order valence-corrected chi connectivity index (χ4v) is 4.13. The highest BCUT2D eigenvalue weighted by molar-refractivity contribution is 7.99. The monoisotopic (exact) mass is 412 g/mol. The summed E-state index contributed by atoms with van der Waals surface area (Å²) in [6.07, 6.45) is -0.670. The van der Waals surface area contributed by atoms with Gasteiger partial charge in [0.1, 0.15) is 12.4 Å². The van der Waals surface area contributed by atoms with Crippen LogP contribution >= 0.6 is 11.8 Å². The maximum atomic E-state index is 12.9. The number of hydrogen-bond acceptors (Lipinski definition) is 5. The average Bonchev–Trinajstić information content (AvgIpc) is 2.66. The highest BCUT2D eigenvalue weighted by atomic mass is 32.2. The molecule has 154 valence electrons. The third-order valence-electron chi connectivity index (χ3n) is 4.42. The summed E-state index contributed by atoms with van der Waals surface area (Å²) in [5.41, 5.74) is 2.90. The summed E-state index contributed by atoms with van der Waals surface area (Å²) < 4.78 is 7.47. The Morgan fingerprint density at radius 2 is 1.83 bits per heavy atom. The molecule has 1 atom stereocenters. The van der Waals surface area contributed by atoms with Gasteiger partial charge in [-0.25, -0.2) is 4.98 Å². The standard InChI is InChI=1S/C23H28N2O3S/c1-15(2)12-25-22(27)20-7-5-6-8-21(20)24-23(25)29-14-18(26)13-28-19-10-16(3)9-17(4)11-19/h5-11,15,18,26H,12-14H2,1-4H3/t18-/m1/s1. The molecule has 0 fully saturated rings. The summed E-state index contributed by atoms with van der Waals surface area (Å²) in [5, 5.41) is 11.7. The van der Waals surface area contributed by atoms with Crippen molar-refractivity contribution in [3.8, 4) is 5.75 Å². The summed E-state index contributed by atoms with van der Waals surface area (Å²) in [6.45, 7) is 8.97. The molecule has 0 bridgehead atoms. The molecule has 0 spiro atoms. The predicted octanol–water partition coefficient (Wildman–Crippen LogP) is 4.20. The molecular formula is C23H28N2O3S. The van der Waals surface area contributed by atoms with Crippen molar-refractivity contribution in [2.24, 2.45) is 5.92 Å². The van der Waals surface area contributed by atoms with Crippen molar-refractivity contribution >= 4 is 22.7 Å². The highest BCUT2D eigenvalue weighted by Crippen LogP contribution is 2.21. The first-order valence-corrected chi connectivity index (χ1v) is 10.8. The van der Waals surface area contributed by atoms with E-state index in [4.69, 9.17) is 4.74 Å². The van der Waals surface area contributed by atoms with Gasteiger partial charge in [0.05, 0.1) is 17.0 Å². The van der Waals surface area contributed by atoms with Gasteiger partial charge >= 0.3 is 0 Å². The number of aromatic nitrogens is 2. The Balaban J connectivity index is 1.72. The lowest BCUT2D eigenvalue weighted by atomic mass is 10.1. The number of para-hydroxylation sites is 1. The maximum Gasteiger partial charge on any atom is 0.262 e. The van der Waals surface area contributed by atoms with Gasteiger partial charge < -0.3 is 9.84 Å². The molecule has 3 aromatic rings. The van der Waals surface area contributed by atoms with Crippen molar-refractivity contribution < 1.29 is 9.84 Å². The molecule has 0 aliphatic carbocycles. The van der Waals surface area contributed by atoms with Crippen LogP contribution in [0.4, 0.5) is 0 Å². The van der Waals surface area contributed by atoms with Crippen molar-refractivity contribution in [2.75, 3.05) is 12.4 Å². The molecule has 1 aromatic heterocycles. The first kappa shape index (κ1) is 21.4. The molecule has 0 radical (unpaired) electrons. The first-order valence-electron chi connectivity index (χ1n) is 9.85. The molecule has 1 heterocycles. The van der Waals surface area contributed by atoms with Crippen LogP contribution in [0.5, 0.6) is 5.75 Å². The second kappa shape index (κ2) is 9.46. The molecule has 0 saturated heterocycles. The largest absolute Gasteiger partial charge is 0.491 e. The van der Waals surface area contributed by atoms with Crippen molar-refractivity contribution in [1.82, 2.24) is 9.55 Å². The second-order valence-electron chi connectivity index (χ2n) is 7.82. The van der Waals surface area contributed by atoms with E-state index in [0.717, 1.165) is 16.9 Å². The fourth-order valence-electron chi connectivity index (χ4n) is 3.21. The quantitative estimate of drug-likeness (QED) is 0.444. The second-order valence-corrected chi connectivity index (χ2v) is 8.81. The van der Waals surface area contributed by atoms with Crippen LogP contribution in [-0.2, 0) is 6.54 Å². The highest BCUT2D eigenvalue weighted by Gasteiger charge is 2.15. The van der Waals surface area contributed by atoms with Crippen molar-refractivity contribution in [3.05, 3.63) is 63.9 Å². The van der Waals surface area contributed by atoms with Gasteiger partial charge in [-0.15, -0.1) is 0 Å². The molecule has 0 amide bonds. The molecule has 1 N–H and O–H groups in total. The van der Waals surface area contributed by atoms with Gasteiger partial charge in [0, 0.05) is 12.3 Å². The van der Waals surface area contributed by atoms with Crippen LogP contribution in [0.25, 0.3) is 10.9 Å². The van der Waals surface area contributed by atoms with Crippen LogP contribution in [0.1, 0.15) is 25.0 Å². The summed E-state index contributed by atoms with van der Waals surface area (Å²) in [6, 6.07) is 13.4. The lowest BCUT2D eigenvalue weighted by Crippen LogP contribution is -2.26. The Bertz CT molecular complexity index is 1030. The van der Waals surface area contributed by atoms with Gasteiger partial charge in [-0.1, -0.05) is 43.8 Å². The van der Waals surface area contributed by atoms with E-state index >= 15 is 0 Å². The van der Waals surface area contributed by atoms with Gasteiger partial charge in [-0.05, 0) is 55.2 Å². The number of fused-ring (bicyclic) bond motifs is 1. The molecule has 6 heteroatoms. The number of hydrogen-bond donors (Lipinski definition) is 1. The minimum Gasteiger partial charge on any atom is -0.491 e. The third-order valence-corrected chi connectivity index (χ3v) is 5.54. The third kappa shape index (κ3) is 5.61. The molecule has 29 heavy (non-hydrogen) atoms. The number of ether oxygens (including phenoxy) is 1. The van der Waals surface area contributed by atoms with E-state index in [2.05, 4.69) is 24.9 Å². The van der Waals surface area contributed by atoms with Crippen molar-refractivity contribution in [2.45, 2.75) is 45.5 Å². The van der Waals surface area contributed by atoms with E-state index in [0.29, 0.717) is 34.3 Å². The van der Waals surface area contributed by atoms with Crippen LogP contribution in [0, 0.1) is 19.8 Å². The normalized spacial score (nSPS) is 12.5. The number of rotatable bonds is 8. The van der Waals surface area contributed by atoms with Crippen LogP contribution in [0.2, 0.25) is 0 Å². The van der Waals surface area contributed by atoms with Gasteiger partial charge in [0.15, 0.2) is 5.16 Å². The van der Waals surface area contributed by atoms with Gasteiger partial charge in [0.2, 0.25) is 0 Å². The number of nitrogens with zero attached hydrogens (tertiary/aromatic N) is 2. The molecule has 0 aliphatic heterocycles. The SMILES string of the molecule is Cc1cc(C)cc(OC[C@@H](O)CSc2nc3ccccc3c(=O)n2CC(C)C)c1. The van der Waals surface area contributed by atoms with E-state index in [-0.39, 0.29) is 12.2 Å². The lowest BCUT2D eigenvalue weighted by molar-refractivity contribution is 0.126. The minimum absolute atomic E-state index is 0.0345. The maximum absolute atomic E-state index is 12.9. The van der Waals surface area contributed by atoms with Crippen LogP contribution < -0.4 is 10.3 Å². The first-order chi connectivity index (χ1) is 13.8.